The Morgan fingerprint density at radius 1 is 1.20 bits per heavy atom. The molecular weight excluding hydrogens is 136 g/mol. The summed E-state index contributed by atoms with van der Waals surface area (Å²) in [6.07, 6.45) is 0. The van der Waals surface area contributed by atoms with E-state index in [1.807, 2.05) is 0 Å². The Balaban J connectivity index is 4.10. The Morgan fingerprint density at radius 3 is 1.70 bits per heavy atom. The second kappa shape index (κ2) is 2.82. The van der Waals surface area contributed by atoms with Crippen LogP contribution in [-0.4, -0.2) is 19.5 Å². The van der Waals surface area contributed by atoms with Gasteiger partial charge in [0.1, 0.15) is 0 Å². The van der Waals surface area contributed by atoms with Crippen molar-refractivity contribution < 1.29 is 8.78 Å². The highest BCUT2D eigenvalue weighted by Gasteiger charge is 2.40. The molecule has 0 aromatic rings. The normalized spacial score (nSPS) is 13.8. The van der Waals surface area contributed by atoms with Gasteiger partial charge in [-0.1, -0.05) is 13.8 Å². The molecule has 0 radical (unpaired) electrons. The zero-order valence-electron chi connectivity index (χ0n) is 6.96. The maximum atomic E-state index is 12.6. The van der Waals surface area contributed by atoms with Crippen LogP contribution in [0.25, 0.3) is 0 Å². The van der Waals surface area contributed by atoms with E-state index >= 15 is 0 Å². The largest absolute Gasteiger partial charge is 0.319 e. The molecule has 62 valence electrons. The van der Waals surface area contributed by atoms with Gasteiger partial charge in [-0.25, -0.2) is 8.78 Å². The summed E-state index contributed by atoms with van der Waals surface area (Å²) in [5.41, 5.74) is -0.957. The quantitative estimate of drug-likeness (QED) is 0.649. The van der Waals surface area contributed by atoms with Crippen LogP contribution in [0.2, 0.25) is 0 Å². The molecule has 1 nitrogen and oxygen atoms in total. The number of hydrogen-bond acceptors (Lipinski definition) is 1. The molecule has 0 bridgehead atoms. The van der Waals surface area contributed by atoms with Crippen molar-refractivity contribution in [2.45, 2.75) is 26.7 Å². The molecule has 0 aliphatic rings. The van der Waals surface area contributed by atoms with Crippen LogP contribution in [0.3, 0.4) is 0 Å². The Morgan fingerprint density at radius 2 is 1.60 bits per heavy atom. The van der Waals surface area contributed by atoms with Crippen molar-refractivity contribution in [1.82, 2.24) is 5.32 Å². The van der Waals surface area contributed by atoms with Crippen LogP contribution >= 0.6 is 0 Å². The van der Waals surface area contributed by atoms with Gasteiger partial charge in [0.05, 0.1) is 0 Å². The van der Waals surface area contributed by atoms with E-state index in [4.69, 9.17) is 0 Å². The number of alkyl halides is 2. The SMILES string of the molecule is CNCC(C)(C)C(C)(F)F. The highest BCUT2D eigenvalue weighted by Crippen LogP contribution is 2.34. The maximum Gasteiger partial charge on any atom is 0.251 e. The summed E-state index contributed by atoms with van der Waals surface area (Å²) in [5.74, 6) is -2.62. The molecule has 0 atom stereocenters. The van der Waals surface area contributed by atoms with Gasteiger partial charge in [-0.05, 0) is 14.0 Å². The van der Waals surface area contributed by atoms with Crippen molar-refractivity contribution in [2.24, 2.45) is 5.41 Å². The predicted octanol–water partition coefficient (Wildman–Crippen LogP) is 1.89. The molecule has 0 saturated carbocycles. The molecule has 3 heteroatoms. The molecule has 0 unspecified atom stereocenters. The van der Waals surface area contributed by atoms with Crippen LogP contribution < -0.4 is 5.32 Å². The van der Waals surface area contributed by atoms with Gasteiger partial charge in [0.25, 0.3) is 5.92 Å². The van der Waals surface area contributed by atoms with Crippen molar-refractivity contribution in [3.63, 3.8) is 0 Å². The number of hydrogen-bond donors (Lipinski definition) is 1. The first-order chi connectivity index (χ1) is 4.31. The van der Waals surface area contributed by atoms with E-state index in [-0.39, 0.29) is 0 Å². The van der Waals surface area contributed by atoms with Gasteiger partial charge in [-0.3, -0.25) is 0 Å². The minimum atomic E-state index is -2.62. The van der Waals surface area contributed by atoms with Crippen molar-refractivity contribution >= 4 is 0 Å². The third-order valence-corrected chi connectivity index (χ3v) is 1.81. The van der Waals surface area contributed by atoms with Crippen LogP contribution in [-0.2, 0) is 0 Å². The molecule has 0 aromatic heterocycles. The van der Waals surface area contributed by atoms with Gasteiger partial charge in [0.15, 0.2) is 0 Å². The van der Waals surface area contributed by atoms with Crippen molar-refractivity contribution in [3.05, 3.63) is 0 Å². The van der Waals surface area contributed by atoms with Gasteiger partial charge >= 0.3 is 0 Å². The van der Waals surface area contributed by atoms with Crippen molar-refractivity contribution in [2.75, 3.05) is 13.6 Å². The molecule has 0 saturated heterocycles. The highest BCUT2D eigenvalue weighted by molar-refractivity contribution is 4.82. The molecule has 0 spiro atoms. The standard InChI is InChI=1S/C7H15F2N/c1-6(2,5-10-4)7(3,8)9/h10H,5H2,1-4H3. The van der Waals surface area contributed by atoms with E-state index in [1.165, 1.54) is 0 Å². The summed E-state index contributed by atoms with van der Waals surface area (Å²) in [6.45, 7) is 4.37. The molecule has 0 rings (SSSR count). The molecule has 10 heavy (non-hydrogen) atoms. The van der Waals surface area contributed by atoms with E-state index in [9.17, 15) is 8.78 Å². The average Bonchev–Trinajstić information content (AvgIpc) is 1.61. The summed E-state index contributed by atoms with van der Waals surface area (Å²) >= 11 is 0. The van der Waals surface area contributed by atoms with Crippen molar-refractivity contribution in [3.8, 4) is 0 Å². The Hall–Kier alpha value is -0.180. The lowest BCUT2D eigenvalue weighted by atomic mass is 9.86. The molecule has 0 amide bonds. The number of nitrogens with one attached hydrogen (secondary N) is 1. The predicted molar refractivity (Wildman–Crippen MR) is 38.3 cm³/mol. The fourth-order valence-corrected chi connectivity index (χ4v) is 0.597. The second-order valence-corrected chi connectivity index (χ2v) is 3.30. The Bertz CT molecular complexity index is 105. The minimum absolute atomic E-state index is 0.330. The zero-order chi connectivity index (χ0) is 8.41. The van der Waals surface area contributed by atoms with E-state index < -0.39 is 11.3 Å². The fraction of sp³-hybridized carbons (Fsp3) is 1.00. The summed E-state index contributed by atoms with van der Waals surface area (Å²) in [4.78, 5) is 0. The molecule has 0 aromatic carbocycles. The minimum Gasteiger partial charge on any atom is -0.319 e. The number of rotatable bonds is 3. The summed E-state index contributed by atoms with van der Waals surface area (Å²) < 4.78 is 25.3. The van der Waals surface area contributed by atoms with Crippen LogP contribution in [0.15, 0.2) is 0 Å². The topological polar surface area (TPSA) is 12.0 Å². The summed E-state index contributed by atoms with van der Waals surface area (Å²) in [7, 11) is 1.67. The van der Waals surface area contributed by atoms with Crippen LogP contribution in [0.5, 0.6) is 0 Å². The molecule has 0 heterocycles. The van der Waals surface area contributed by atoms with Crippen LogP contribution in [0, 0.1) is 5.41 Å². The van der Waals surface area contributed by atoms with Gasteiger partial charge in [0.2, 0.25) is 0 Å². The Labute approximate surface area is 60.8 Å². The monoisotopic (exact) mass is 151 g/mol. The van der Waals surface area contributed by atoms with Gasteiger partial charge in [-0.2, -0.15) is 0 Å². The molecule has 1 N–H and O–H groups in total. The lowest BCUT2D eigenvalue weighted by Crippen LogP contribution is -2.41. The third kappa shape index (κ3) is 2.21. The van der Waals surface area contributed by atoms with E-state index in [0.29, 0.717) is 6.54 Å². The lowest BCUT2D eigenvalue weighted by Gasteiger charge is -2.30. The van der Waals surface area contributed by atoms with Crippen LogP contribution in [0.1, 0.15) is 20.8 Å². The first-order valence-corrected chi connectivity index (χ1v) is 3.34. The molecule has 0 aliphatic heterocycles. The van der Waals surface area contributed by atoms with Crippen LogP contribution in [0.4, 0.5) is 8.78 Å². The average molecular weight is 151 g/mol. The van der Waals surface area contributed by atoms with E-state index in [1.54, 1.807) is 20.9 Å². The highest BCUT2D eigenvalue weighted by atomic mass is 19.3. The zero-order valence-corrected chi connectivity index (χ0v) is 6.96. The molecular formula is C7H15F2N. The fourth-order valence-electron chi connectivity index (χ4n) is 0.597. The summed E-state index contributed by atoms with van der Waals surface area (Å²) in [5, 5.41) is 2.73. The Kier molecular flexibility index (Phi) is 2.77. The first-order valence-electron chi connectivity index (χ1n) is 3.34. The van der Waals surface area contributed by atoms with Crippen molar-refractivity contribution in [1.29, 1.82) is 0 Å². The lowest BCUT2D eigenvalue weighted by molar-refractivity contribution is -0.0861. The first kappa shape index (κ1) is 9.82. The van der Waals surface area contributed by atoms with Gasteiger partial charge in [0, 0.05) is 12.0 Å². The smallest absolute Gasteiger partial charge is 0.251 e. The van der Waals surface area contributed by atoms with E-state index in [2.05, 4.69) is 5.32 Å². The molecule has 0 fully saturated rings. The van der Waals surface area contributed by atoms with Gasteiger partial charge < -0.3 is 5.32 Å². The summed E-state index contributed by atoms with van der Waals surface area (Å²) in [6, 6.07) is 0. The second-order valence-electron chi connectivity index (χ2n) is 3.30. The van der Waals surface area contributed by atoms with E-state index in [0.717, 1.165) is 6.92 Å². The molecule has 0 aliphatic carbocycles. The van der Waals surface area contributed by atoms with Gasteiger partial charge in [-0.15, -0.1) is 0 Å². The third-order valence-electron chi connectivity index (χ3n) is 1.81. The maximum absolute atomic E-state index is 12.6. The number of halogens is 2.